The number of rotatable bonds is 3. The summed E-state index contributed by atoms with van der Waals surface area (Å²) in [5.74, 6) is -1.26. The standard InChI is InChI=1S/C21H19FN4O2/c22-18-13-26(21(28)24-19(18)23)17-10-11-25(12-17)20(27)16-8-6-15(7-9-16)14-4-2-1-3-5-14/h1-9,13,17H,10-12H2,(H2,23,24,28)/t17-/m0/s1. The van der Waals surface area contributed by atoms with Gasteiger partial charge in [0.15, 0.2) is 11.6 Å². The fourth-order valence-corrected chi connectivity index (χ4v) is 3.49. The average Bonchev–Trinajstić information content (AvgIpc) is 3.21. The van der Waals surface area contributed by atoms with Crippen LogP contribution in [0.5, 0.6) is 0 Å². The van der Waals surface area contributed by atoms with Gasteiger partial charge in [0, 0.05) is 24.8 Å². The molecule has 3 aromatic rings. The lowest BCUT2D eigenvalue weighted by Crippen LogP contribution is -2.32. The van der Waals surface area contributed by atoms with Gasteiger partial charge in [0.05, 0.1) is 6.04 Å². The van der Waals surface area contributed by atoms with Gasteiger partial charge in [-0.25, -0.2) is 9.18 Å². The molecule has 28 heavy (non-hydrogen) atoms. The van der Waals surface area contributed by atoms with Crippen molar-refractivity contribution in [2.45, 2.75) is 12.5 Å². The van der Waals surface area contributed by atoms with E-state index in [9.17, 15) is 14.0 Å². The topological polar surface area (TPSA) is 81.2 Å². The van der Waals surface area contributed by atoms with Gasteiger partial charge in [0.1, 0.15) is 0 Å². The van der Waals surface area contributed by atoms with Gasteiger partial charge in [-0.05, 0) is 29.7 Å². The average molecular weight is 378 g/mol. The molecule has 0 unspecified atom stereocenters. The zero-order valence-electron chi connectivity index (χ0n) is 15.1. The van der Waals surface area contributed by atoms with Gasteiger partial charge in [-0.2, -0.15) is 4.98 Å². The molecule has 2 N–H and O–H groups in total. The largest absolute Gasteiger partial charge is 0.381 e. The summed E-state index contributed by atoms with van der Waals surface area (Å²) >= 11 is 0. The lowest BCUT2D eigenvalue weighted by molar-refractivity contribution is 0.0787. The highest BCUT2D eigenvalue weighted by molar-refractivity contribution is 5.95. The van der Waals surface area contributed by atoms with Crippen molar-refractivity contribution in [3.63, 3.8) is 0 Å². The lowest BCUT2D eigenvalue weighted by atomic mass is 10.0. The summed E-state index contributed by atoms with van der Waals surface area (Å²) < 4.78 is 14.9. The van der Waals surface area contributed by atoms with Crippen LogP contribution in [0.4, 0.5) is 10.2 Å². The molecule has 1 fully saturated rings. The fraction of sp³-hybridized carbons (Fsp3) is 0.190. The minimum absolute atomic E-state index is 0.112. The van der Waals surface area contributed by atoms with Crippen molar-refractivity contribution >= 4 is 11.7 Å². The number of aromatic nitrogens is 2. The van der Waals surface area contributed by atoms with E-state index in [-0.39, 0.29) is 11.9 Å². The summed E-state index contributed by atoms with van der Waals surface area (Å²) in [6, 6.07) is 17.0. The van der Waals surface area contributed by atoms with E-state index in [1.54, 1.807) is 17.0 Å². The minimum Gasteiger partial charge on any atom is -0.381 e. The van der Waals surface area contributed by atoms with Crippen LogP contribution < -0.4 is 11.4 Å². The maximum atomic E-state index is 13.7. The van der Waals surface area contributed by atoms with Crippen LogP contribution in [0.2, 0.25) is 0 Å². The number of nitrogens with zero attached hydrogens (tertiary/aromatic N) is 3. The first-order valence-electron chi connectivity index (χ1n) is 9.02. The Morgan fingerprint density at radius 2 is 1.75 bits per heavy atom. The molecule has 2 aromatic carbocycles. The monoisotopic (exact) mass is 378 g/mol. The Balaban J connectivity index is 1.49. The third-order valence-electron chi connectivity index (χ3n) is 5.02. The van der Waals surface area contributed by atoms with Gasteiger partial charge in [-0.15, -0.1) is 0 Å². The third kappa shape index (κ3) is 3.38. The van der Waals surface area contributed by atoms with Crippen LogP contribution in [0.3, 0.4) is 0 Å². The summed E-state index contributed by atoms with van der Waals surface area (Å²) in [4.78, 5) is 30.0. The van der Waals surface area contributed by atoms with E-state index < -0.39 is 17.3 Å². The first kappa shape index (κ1) is 17.9. The Kier molecular flexibility index (Phi) is 4.65. The molecule has 0 aliphatic carbocycles. The van der Waals surface area contributed by atoms with E-state index in [2.05, 4.69) is 4.98 Å². The molecule has 6 nitrogen and oxygen atoms in total. The minimum atomic E-state index is -0.735. The molecule has 142 valence electrons. The van der Waals surface area contributed by atoms with Crippen molar-refractivity contribution in [1.29, 1.82) is 0 Å². The summed E-state index contributed by atoms with van der Waals surface area (Å²) in [7, 11) is 0. The molecular formula is C21H19FN4O2. The summed E-state index contributed by atoms with van der Waals surface area (Å²) in [6.07, 6.45) is 1.62. The number of nitrogens with two attached hydrogens (primary N) is 1. The molecule has 0 saturated carbocycles. The molecule has 2 heterocycles. The molecule has 1 aliphatic rings. The number of amides is 1. The van der Waals surface area contributed by atoms with Crippen LogP contribution in [0.1, 0.15) is 22.8 Å². The fourth-order valence-electron chi connectivity index (χ4n) is 3.49. The molecule has 1 aromatic heterocycles. The van der Waals surface area contributed by atoms with E-state index in [1.807, 2.05) is 42.5 Å². The van der Waals surface area contributed by atoms with E-state index in [0.717, 1.165) is 17.3 Å². The number of likely N-dealkylation sites (tertiary alicyclic amines) is 1. The van der Waals surface area contributed by atoms with Gasteiger partial charge in [0.25, 0.3) is 5.91 Å². The zero-order chi connectivity index (χ0) is 19.7. The van der Waals surface area contributed by atoms with Gasteiger partial charge < -0.3 is 10.6 Å². The SMILES string of the molecule is Nc1nc(=O)n([C@H]2CCN(C(=O)c3ccc(-c4ccccc4)cc3)C2)cc1F. The van der Waals surface area contributed by atoms with Crippen molar-refractivity contribution in [3.05, 3.63) is 82.7 Å². The van der Waals surface area contributed by atoms with Crippen molar-refractivity contribution in [1.82, 2.24) is 14.5 Å². The second-order valence-electron chi connectivity index (χ2n) is 6.80. The molecule has 1 amide bonds. The molecular weight excluding hydrogens is 359 g/mol. The second kappa shape index (κ2) is 7.26. The number of anilines is 1. The maximum absolute atomic E-state index is 13.7. The Labute approximate surface area is 161 Å². The molecule has 1 saturated heterocycles. The predicted molar refractivity (Wildman–Crippen MR) is 104 cm³/mol. The molecule has 7 heteroatoms. The highest BCUT2D eigenvalue weighted by Gasteiger charge is 2.29. The highest BCUT2D eigenvalue weighted by Crippen LogP contribution is 2.24. The summed E-state index contributed by atoms with van der Waals surface area (Å²) in [5.41, 5.74) is 7.42. The van der Waals surface area contributed by atoms with Crippen LogP contribution in [0, 0.1) is 5.82 Å². The Morgan fingerprint density at radius 1 is 1.07 bits per heavy atom. The molecule has 4 rings (SSSR count). The van der Waals surface area contributed by atoms with Gasteiger partial charge in [-0.3, -0.25) is 9.36 Å². The van der Waals surface area contributed by atoms with E-state index >= 15 is 0 Å². The van der Waals surface area contributed by atoms with Crippen LogP contribution in [-0.4, -0.2) is 33.4 Å². The first-order chi connectivity index (χ1) is 13.5. The molecule has 0 radical (unpaired) electrons. The van der Waals surface area contributed by atoms with Crippen molar-refractivity contribution in [2.24, 2.45) is 0 Å². The predicted octanol–water partition coefficient (Wildman–Crippen LogP) is 2.72. The zero-order valence-corrected chi connectivity index (χ0v) is 15.1. The molecule has 1 aliphatic heterocycles. The smallest absolute Gasteiger partial charge is 0.350 e. The van der Waals surface area contributed by atoms with Crippen molar-refractivity contribution in [3.8, 4) is 11.1 Å². The summed E-state index contributed by atoms with van der Waals surface area (Å²) in [5, 5.41) is 0. The number of halogens is 1. The number of hydrogen-bond donors (Lipinski definition) is 1. The number of carbonyl (C=O) groups is 1. The number of nitrogen functional groups attached to an aromatic ring is 1. The van der Waals surface area contributed by atoms with Crippen LogP contribution >= 0.6 is 0 Å². The number of carbonyl (C=O) groups excluding carboxylic acids is 1. The van der Waals surface area contributed by atoms with Crippen LogP contribution in [0.15, 0.2) is 65.6 Å². The van der Waals surface area contributed by atoms with E-state index in [4.69, 9.17) is 5.73 Å². The van der Waals surface area contributed by atoms with Crippen molar-refractivity contribution < 1.29 is 9.18 Å². The van der Waals surface area contributed by atoms with E-state index in [0.29, 0.717) is 25.1 Å². The molecule has 0 spiro atoms. The summed E-state index contributed by atoms with van der Waals surface area (Å²) in [6.45, 7) is 0.812. The quantitative estimate of drug-likeness (QED) is 0.760. The molecule has 1 atom stereocenters. The number of hydrogen-bond acceptors (Lipinski definition) is 4. The lowest BCUT2D eigenvalue weighted by Gasteiger charge is -2.18. The Hall–Kier alpha value is -3.48. The Morgan fingerprint density at radius 3 is 2.46 bits per heavy atom. The third-order valence-corrected chi connectivity index (χ3v) is 5.02. The first-order valence-corrected chi connectivity index (χ1v) is 9.02. The van der Waals surface area contributed by atoms with Crippen LogP contribution in [0.25, 0.3) is 11.1 Å². The highest BCUT2D eigenvalue weighted by atomic mass is 19.1. The van der Waals surface area contributed by atoms with Gasteiger partial charge in [0.2, 0.25) is 0 Å². The van der Waals surface area contributed by atoms with Crippen LogP contribution in [-0.2, 0) is 0 Å². The number of benzene rings is 2. The molecule has 0 bridgehead atoms. The van der Waals surface area contributed by atoms with E-state index in [1.165, 1.54) is 4.57 Å². The van der Waals surface area contributed by atoms with Gasteiger partial charge in [-0.1, -0.05) is 42.5 Å². The van der Waals surface area contributed by atoms with Gasteiger partial charge >= 0.3 is 5.69 Å². The second-order valence-corrected chi connectivity index (χ2v) is 6.80. The van der Waals surface area contributed by atoms with Crippen molar-refractivity contribution in [2.75, 3.05) is 18.8 Å². The Bertz CT molecular complexity index is 1060. The maximum Gasteiger partial charge on any atom is 0.350 e. The normalized spacial score (nSPS) is 16.3.